The molecule has 1 heterocycles. The van der Waals surface area contributed by atoms with Gasteiger partial charge in [-0.05, 0) is 41.8 Å². The van der Waals surface area contributed by atoms with Crippen molar-refractivity contribution in [1.29, 1.82) is 0 Å². The van der Waals surface area contributed by atoms with Crippen LogP contribution in [0.25, 0.3) is 5.57 Å². The average Bonchev–Trinajstić information content (AvgIpc) is 3.07. The van der Waals surface area contributed by atoms with Crippen LogP contribution in [0.3, 0.4) is 0 Å². The number of amides is 2. The van der Waals surface area contributed by atoms with Gasteiger partial charge >= 0.3 is 0 Å². The zero-order valence-electron chi connectivity index (χ0n) is 18.0. The number of rotatable bonds is 8. The lowest BCUT2D eigenvalue weighted by Crippen LogP contribution is -2.34. The SMILES string of the molecule is COc1ccc(CCN2C(=O)C(Nc3cccc(OC)c3)=C(c3ccccc3)C2=O)cc1. The van der Waals surface area contributed by atoms with Crippen LogP contribution in [0.2, 0.25) is 0 Å². The molecule has 32 heavy (non-hydrogen) atoms. The van der Waals surface area contributed by atoms with Gasteiger partial charge in [-0.25, -0.2) is 0 Å². The molecule has 0 fully saturated rings. The summed E-state index contributed by atoms with van der Waals surface area (Å²) in [6.07, 6.45) is 0.552. The molecule has 1 N–H and O–H groups in total. The van der Waals surface area contributed by atoms with Gasteiger partial charge in [0.1, 0.15) is 17.2 Å². The fourth-order valence-electron chi connectivity index (χ4n) is 3.65. The van der Waals surface area contributed by atoms with Gasteiger partial charge < -0.3 is 14.8 Å². The van der Waals surface area contributed by atoms with E-state index in [4.69, 9.17) is 9.47 Å². The number of nitrogens with one attached hydrogen (secondary N) is 1. The first-order valence-corrected chi connectivity index (χ1v) is 10.3. The van der Waals surface area contributed by atoms with Gasteiger partial charge in [-0.1, -0.05) is 48.5 Å². The van der Waals surface area contributed by atoms with E-state index in [1.807, 2.05) is 72.8 Å². The largest absolute Gasteiger partial charge is 0.497 e. The van der Waals surface area contributed by atoms with Gasteiger partial charge in [0.2, 0.25) is 0 Å². The maximum Gasteiger partial charge on any atom is 0.278 e. The predicted molar refractivity (Wildman–Crippen MR) is 123 cm³/mol. The fourth-order valence-corrected chi connectivity index (χ4v) is 3.65. The molecule has 162 valence electrons. The smallest absolute Gasteiger partial charge is 0.278 e. The number of carbonyl (C=O) groups is 2. The summed E-state index contributed by atoms with van der Waals surface area (Å²) in [4.78, 5) is 27.9. The maximum atomic E-state index is 13.3. The van der Waals surface area contributed by atoms with Gasteiger partial charge in [0.15, 0.2) is 0 Å². The summed E-state index contributed by atoms with van der Waals surface area (Å²) < 4.78 is 10.5. The Balaban J connectivity index is 1.61. The monoisotopic (exact) mass is 428 g/mol. The van der Waals surface area contributed by atoms with E-state index >= 15 is 0 Å². The molecule has 0 atom stereocenters. The molecule has 0 radical (unpaired) electrons. The second-order valence-electron chi connectivity index (χ2n) is 7.33. The topological polar surface area (TPSA) is 67.9 Å². The predicted octanol–water partition coefficient (Wildman–Crippen LogP) is 4.14. The Morgan fingerprint density at radius 1 is 0.781 bits per heavy atom. The molecule has 0 saturated carbocycles. The van der Waals surface area contributed by atoms with E-state index in [0.717, 1.165) is 11.3 Å². The van der Waals surface area contributed by atoms with E-state index in [-0.39, 0.29) is 24.1 Å². The molecule has 0 bridgehead atoms. The van der Waals surface area contributed by atoms with Gasteiger partial charge in [-0.2, -0.15) is 0 Å². The molecule has 0 saturated heterocycles. The highest BCUT2D eigenvalue weighted by Crippen LogP contribution is 2.31. The number of nitrogens with zero attached hydrogens (tertiary/aromatic N) is 1. The summed E-state index contributed by atoms with van der Waals surface area (Å²) in [5.41, 5.74) is 3.02. The molecule has 6 heteroatoms. The zero-order chi connectivity index (χ0) is 22.5. The van der Waals surface area contributed by atoms with E-state index in [1.165, 1.54) is 4.90 Å². The van der Waals surface area contributed by atoms with Gasteiger partial charge in [-0.3, -0.25) is 14.5 Å². The van der Waals surface area contributed by atoms with Crippen LogP contribution in [0.1, 0.15) is 11.1 Å². The molecule has 4 rings (SSSR count). The highest BCUT2D eigenvalue weighted by atomic mass is 16.5. The van der Waals surface area contributed by atoms with Crippen LogP contribution in [0.4, 0.5) is 5.69 Å². The molecule has 0 spiro atoms. The third-order valence-corrected chi connectivity index (χ3v) is 5.35. The quantitative estimate of drug-likeness (QED) is 0.546. The first-order valence-electron chi connectivity index (χ1n) is 10.3. The third-order valence-electron chi connectivity index (χ3n) is 5.35. The van der Waals surface area contributed by atoms with Crippen LogP contribution in [0.5, 0.6) is 11.5 Å². The number of hydrogen-bond acceptors (Lipinski definition) is 5. The van der Waals surface area contributed by atoms with E-state index in [2.05, 4.69) is 5.32 Å². The summed E-state index contributed by atoms with van der Waals surface area (Å²) in [7, 11) is 3.20. The molecule has 2 amide bonds. The van der Waals surface area contributed by atoms with Crippen molar-refractivity contribution in [3.63, 3.8) is 0 Å². The molecular weight excluding hydrogens is 404 g/mol. The third kappa shape index (κ3) is 4.34. The van der Waals surface area contributed by atoms with Crippen molar-refractivity contribution in [1.82, 2.24) is 4.90 Å². The van der Waals surface area contributed by atoms with Crippen molar-refractivity contribution >= 4 is 23.1 Å². The summed E-state index contributed by atoms with van der Waals surface area (Å²) >= 11 is 0. The molecule has 3 aromatic rings. The Hall–Kier alpha value is -4.06. The first kappa shape index (κ1) is 21.2. The van der Waals surface area contributed by atoms with Crippen LogP contribution in [-0.4, -0.2) is 37.5 Å². The number of methoxy groups -OCH3 is 2. The number of hydrogen-bond donors (Lipinski definition) is 1. The molecule has 1 aliphatic heterocycles. The van der Waals surface area contributed by atoms with Crippen molar-refractivity contribution < 1.29 is 19.1 Å². The lowest BCUT2D eigenvalue weighted by molar-refractivity contribution is -0.136. The van der Waals surface area contributed by atoms with Gasteiger partial charge in [0.25, 0.3) is 11.8 Å². The van der Waals surface area contributed by atoms with Crippen LogP contribution < -0.4 is 14.8 Å². The van der Waals surface area contributed by atoms with Crippen molar-refractivity contribution in [2.75, 3.05) is 26.1 Å². The first-order chi connectivity index (χ1) is 15.6. The Bertz CT molecular complexity index is 1150. The van der Waals surface area contributed by atoms with Crippen molar-refractivity contribution in [2.45, 2.75) is 6.42 Å². The van der Waals surface area contributed by atoms with E-state index in [0.29, 0.717) is 29.0 Å². The highest BCUT2D eigenvalue weighted by molar-refractivity contribution is 6.36. The Kier molecular flexibility index (Phi) is 6.22. The Morgan fingerprint density at radius 3 is 2.19 bits per heavy atom. The van der Waals surface area contributed by atoms with Gasteiger partial charge in [0.05, 0.1) is 19.8 Å². The van der Waals surface area contributed by atoms with E-state index < -0.39 is 0 Å². The minimum Gasteiger partial charge on any atom is -0.497 e. The number of ether oxygens (including phenoxy) is 2. The Labute approximate surface area is 187 Å². The second kappa shape index (κ2) is 9.39. The van der Waals surface area contributed by atoms with E-state index in [9.17, 15) is 9.59 Å². The van der Waals surface area contributed by atoms with Gasteiger partial charge in [0, 0.05) is 18.3 Å². The molecule has 3 aromatic carbocycles. The molecule has 0 unspecified atom stereocenters. The summed E-state index contributed by atoms with van der Waals surface area (Å²) in [5.74, 6) is 0.773. The second-order valence-corrected chi connectivity index (χ2v) is 7.33. The lowest BCUT2D eigenvalue weighted by Gasteiger charge is -2.15. The minimum atomic E-state index is -0.342. The normalized spacial score (nSPS) is 13.5. The highest BCUT2D eigenvalue weighted by Gasteiger charge is 2.38. The average molecular weight is 428 g/mol. The number of imide groups is 1. The van der Waals surface area contributed by atoms with Crippen LogP contribution in [0.15, 0.2) is 84.6 Å². The maximum absolute atomic E-state index is 13.3. The van der Waals surface area contributed by atoms with Crippen LogP contribution in [0, 0.1) is 0 Å². The van der Waals surface area contributed by atoms with Crippen molar-refractivity contribution in [3.05, 3.63) is 95.7 Å². The molecule has 6 nitrogen and oxygen atoms in total. The molecule has 0 aromatic heterocycles. The standard InChI is InChI=1S/C26H24N2O4/c1-31-21-13-11-18(12-14-21)15-16-28-25(29)23(19-7-4-3-5-8-19)24(26(28)30)27-20-9-6-10-22(17-20)32-2/h3-14,17,27H,15-16H2,1-2H3. The fraction of sp³-hybridized carbons (Fsp3) is 0.154. The lowest BCUT2D eigenvalue weighted by atomic mass is 10.0. The van der Waals surface area contributed by atoms with Crippen LogP contribution >= 0.6 is 0 Å². The molecular formula is C26H24N2O4. The Morgan fingerprint density at radius 2 is 1.50 bits per heavy atom. The molecule has 0 aliphatic carbocycles. The van der Waals surface area contributed by atoms with Crippen molar-refractivity contribution in [3.8, 4) is 11.5 Å². The number of benzene rings is 3. The van der Waals surface area contributed by atoms with Crippen molar-refractivity contribution in [2.24, 2.45) is 0 Å². The summed E-state index contributed by atoms with van der Waals surface area (Å²) in [5, 5.41) is 3.16. The van der Waals surface area contributed by atoms with Crippen LogP contribution in [-0.2, 0) is 16.0 Å². The number of anilines is 1. The molecule has 1 aliphatic rings. The minimum absolute atomic E-state index is 0.268. The van der Waals surface area contributed by atoms with Gasteiger partial charge in [-0.15, -0.1) is 0 Å². The number of carbonyl (C=O) groups excluding carboxylic acids is 2. The summed E-state index contributed by atoms with van der Waals surface area (Å²) in [6, 6.07) is 24.1. The zero-order valence-corrected chi connectivity index (χ0v) is 18.0. The van der Waals surface area contributed by atoms with E-state index in [1.54, 1.807) is 20.3 Å². The summed E-state index contributed by atoms with van der Waals surface area (Å²) in [6.45, 7) is 0.281.